The van der Waals surface area contributed by atoms with E-state index in [9.17, 15) is 13.2 Å². The van der Waals surface area contributed by atoms with Crippen LogP contribution in [0.25, 0.3) is 0 Å². The Hall–Kier alpha value is -1.76. The summed E-state index contributed by atoms with van der Waals surface area (Å²) >= 11 is 0. The zero-order chi connectivity index (χ0) is 17.2. The lowest BCUT2D eigenvalue weighted by atomic mass is 10.1. The summed E-state index contributed by atoms with van der Waals surface area (Å²) in [4.78, 5) is 14.7. The Morgan fingerprint density at radius 2 is 1.96 bits per heavy atom. The Morgan fingerprint density at radius 3 is 2.43 bits per heavy atom. The molecule has 0 saturated heterocycles. The van der Waals surface area contributed by atoms with Gasteiger partial charge in [0.1, 0.15) is 21.3 Å². The van der Waals surface area contributed by atoms with Gasteiger partial charge in [0.2, 0.25) is 0 Å². The van der Waals surface area contributed by atoms with Crippen LogP contribution in [0.5, 0.6) is 11.5 Å². The molecule has 1 amide bonds. The van der Waals surface area contributed by atoms with E-state index >= 15 is 0 Å². The molecule has 23 heavy (non-hydrogen) atoms. The minimum Gasteiger partial charge on any atom is -0.497 e. The highest BCUT2D eigenvalue weighted by Crippen LogP contribution is 2.33. The van der Waals surface area contributed by atoms with E-state index in [1.165, 1.54) is 20.5 Å². The molecule has 0 aromatic heterocycles. The van der Waals surface area contributed by atoms with Crippen molar-refractivity contribution in [2.45, 2.75) is 31.8 Å². The molecule has 0 N–H and O–H groups in total. The third-order valence-electron chi connectivity index (χ3n) is 3.83. The molecular weight excluding hydrogens is 318 g/mol. The maximum atomic E-state index is 13.0. The van der Waals surface area contributed by atoms with Crippen LogP contribution in [0.2, 0.25) is 0 Å². The Balaban J connectivity index is 2.35. The van der Waals surface area contributed by atoms with Crippen molar-refractivity contribution in [3.05, 3.63) is 23.8 Å². The highest BCUT2D eigenvalue weighted by Gasteiger charge is 2.38. The highest BCUT2D eigenvalue weighted by molar-refractivity contribution is 7.90. The van der Waals surface area contributed by atoms with E-state index in [0.29, 0.717) is 17.1 Å². The summed E-state index contributed by atoms with van der Waals surface area (Å²) in [6, 6.07) is 4.73. The molecule has 0 aliphatic heterocycles. The Kier molecular flexibility index (Phi) is 5.19. The van der Waals surface area contributed by atoms with Crippen molar-refractivity contribution in [1.82, 2.24) is 4.90 Å². The lowest BCUT2D eigenvalue weighted by Gasteiger charge is -2.29. The molecule has 1 saturated carbocycles. The molecule has 7 heteroatoms. The molecule has 0 heterocycles. The van der Waals surface area contributed by atoms with Gasteiger partial charge in [-0.1, -0.05) is 0 Å². The standard InChI is InChI=1S/C16H23NO5S/c1-11(10-23(4,19)20)17(12-5-6-12)16(18)14-9-13(21-2)7-8-15(14)22-3/h7-9,11-12H,5-6,10H2,1-4H3. The lowest BCUT2D eigenvalue weighted by molar-refractivity contribution is 0.0689. The first kappa shape index (κ1) is 17.6. The molecule has 1 aromatic rings. The van der Waals surface area contributed by atoms with Gasteiger partial charge >= 0.3 is 0 Å². The summed E-state index contributed by atoms with van der Waals surface area (Å²) < 4.78 is 33.6. The van der Waals surface area contributed by atoms with Gasteiger partial charge in [-0.05, 0) is 38.0 Å². The monoisotopic (exact) mass is 341 g/mol. The van der Waals surface area contributed by atoms with Crippen molar-refractivity contribution < 1.29 is 22.7 Å². The van der Waals surface area contributed by atoms with E-state index in [-0.39, 0.29) is 23.7 Å². The number of sulfone groups is 1. The van der Waals surface area contributed by atoms with Crippen LogP contribution in [-0.2, 0) is 9.84 Å². The van der Waals surface area contributed by atoms with Crippen LogP contribution in [-0.4, -0.2) is 57.5 Å². The molecule has 1 fully saturated rings. The second-order valence-corrected chi connectivity index (χ2v) is 8.14. The van der Waals surface area contributed by atoms with Crippen molar-refractivity contribution in [3.8, 4) is 11.5 Å². The molecule has 128 valence electrons. The molecule has 1 unspecified atom stereocenters. The zero-order valence-electron chi connectivity index (χ0n) is 13.9. The first-order valence-corrected chi connectivity index (χ1v) is 9.55. The average molecular weight is 341 g/mol. The van der Waals surface area contributed by atoms with Gasteiger partial charge in [0, 0.05) is 18.3 Å². The fourth-order valence-electron chi connectivity index (χ4n) is 2.72. The van der Waals surface area contributed by atoms with Crippen molar-refractivity contribution >= 4 is 15.7 Å². The van der Waals surface area contributed by atoms with Gasteiger partial charge in [-0.3, -0.25) is 4.79 Å². The number of hydrogen-bond acceptors (Lipinski definition) is 5. The van der Waals surface area contributed by atoms with Crippen LogP contribution >= 0.6 is 0 Å². The van der Waals surface area contributed by atoms with Gasteiger partial charge in [-0.25, -0.2) is 8.42 Å². The zero-order valence-corrected chi connectivity index (χ0v) is 14.7. The Labute approximate surface area is 137 Å². The van der Waals surface area contributed by atoms with Gasteiger partial charge < -0.3 is 14.4 Å². The number of hydrogen-bond donors (Lipinski definition) is 0. The third kappa shape index (κ3) is 4.37. The van der Waals surface area contributed by atoms with E-state index in [0.717, 1.165) is 12.8 Å². The first-order valence-electron chi connectivity index (χ1n) is 7.49. The van der Waals surface area contributed by atoms with Crippen LogP contribution in [0.15, 0.2) is 18.2 Å². The number of nitrogens with zero attached hydrogens (tertiary/aromatic N) is 1. The predicted molar refractivity (Wildman–Crippen MR) is 87.9 cm³/mol. The van der Waals surface area contributed by atoms with Crippen LogP contribution in [0.4, 0.5) is 0 Å². The number of benzene rings is 1. The van der Waals surface area contributed by atoms with Crippen molar-refractivity contribution in [1.29, 1.82) is 0 Å². The van der Waals surface area contributed by atoms with Crippen molar-refractivity contribution in [2.75, 3.05) is 26.2 Å². The summed E-state index contributed by atoms with van der Waals surface area (Å²) in [5.41, 5.74) is 0.388. The summed E-state index contributed by atoms with van der Waals surface area (Å²) in [5.74, 6) is 0.731. The summed E-state index contributed by atoms with van der Waals surface area (Å²) in [5, 5.41) is 0. The molecule has 0 bridgehead atoms. The van der Waals surface area contributed by atoms with Crippen molar-refractivity contribution in [2.24, 2.45) is 0 Å². The summed E-state index contributed by atoms with van der Waals surface area (Å²) in [6.45, 7) is 1.77. The van der Waals surface area contributed by atoms with Crippen LogP contribution in [0.1, 0.15) is 30.1 Å². The van der Waals surface area contributed by atoms with E-state index in [1.54, 1.807) is 30.0 Å². The Bertz CT molecular complexity index is 682. The highest BCUT2D eigenvalue weighted by atomic mass is 32.2. The second-order valence-electron chi connectivity index (χ2n) is 5.95. The maximum Gasteiger partial charge on any atom is 0.258 e. The number of amides is 1. The molecule has 0 radical (unpaired) electrons. The maximum absolute atomic E-state index is 13.0. The van der Waals surface area contributed by atoms with E-state index in [1.807, 2.05) is 0 Å². The first-order chi connectivity index (χ1) is 10.8. The number of carbonyl (C=O) groups is 1. The second kappa shape index (κ2) is 6.78. The minimum atomic E-state index is -3.17. The fourth-order valence-corrected chi connectivity index (χ4v) is 3.75. The molecule has 0 spiro atoms. The normalized spacial score (nSPS) is 15.8. The smallest absolute Gasteiger partial charge is 0.258 e. The van der Waals surface area contributed by atoms with Gasteiger partial charge in [0.05, 0.1) is 25.5 Å². The summed E-state index contributed by atoms with van der Waals surface area (Å²) in [6.07, 6.45) is 2.98. The van der Waals surface area contributed by atoms with E-state index in [2.05, 4.69) is 0 Å². The number of carbonyl (C=O) groups excluding carboxylic acids is 1. The van der Waals surface area contributed by atoms with E-state index < -0.39 is 9.84 Å². The van der Waals surface area contributed by atoms with Gasteiger partial charge in [-0.15, -0.1) is 0 Å². The molecule has 1 atom stereocenters. The molecular formula is C16H23NO5S. The van der Waals surface area contributed by atoms with Crippen LogP contribution < -0.4 is 9.47 Å². The minimum absolute atomic E-state index is 0.0540. The van der Waals surface area contributed by atoms with Crippen molar-refractivity contribution in [3.63, 3.8) is 0 Å². The molecule has 1 aromatic carbocycles. The summed E-state index contributed by atoms with van der Waals surface area (Å²) in [7, 11) is -0.139. The lowest BCUT2D eigenvalue weighted by Crippen LogP contribution is -2.43. The topological polar surface area (TPSA) is 72.9 Å². The predicted octanol–water partition coefficient (Wildman–Crippen LogP) is 1.74. The average Bonchev–Trinajstić information content (AvgIpc) is 3.29. The Morgan fingerprint density at radius 1 is 1.30 bits per heavy atom. The van der Waals surface area contributed by atoms with Gasteiger partial charge in [0.25, 0.3) is 5.91 Å². The quantitative estimate of drug-likeness (QED) is 0.755. The van der Waals surface area contributed by atoms with Crippen LogP contribution in [0.3, 0.4) is 0 Å². The third-order valence-corrected chi connectivity index (χ3v) is 4.92. The fraction of sp³-hybridized carbons (Fsp3) is 0.562. The molecule has 6 nitrogen and oxygen atoms in total. The van der Waals surface area contributed by atoms with Gasteiger partial charge in [-0.2, -0.15) is 0 Å². The molecule has 1 aliphatic rings. The van der Waals surface area contributed by atoms with Crippen LogP contribution in [0, 0.1) is 0 Å². The van der Waals surface area contributed by atoms with Gasteiger partial charge in [0.15, 0.2) is 0 Å². The molecule has 1 aliphatic carbocycles. The SMILES string of the molecule is COc1ccc(OC)c(C(=O)N(C(C)CS(C)(=O)=O)C2CC2)c1. The van der Waals surface area contributed by atoms with E-state index in [4.69, 9.17) is 9.47 Å². The number of ether oxygens (including phenoxy) is 2. The molecule has 2 rings (SSSR count). The largest absolute Gasteiger partial charge is 0.497 e. The number of methoxy groups -OCH3 is 2. The number of rotatable bonds is 7.